The highest BCUT2D eigenvalue weighted by Crippen LogP contribution is 2.39. The zero-order valence-electron chi connectivity index (χ0n) is 17.0. The highest BCUT2D eigenvalue weighted by atomic mass is 16.6. The van der Waals surface area contributed by atoms with Crippen LogP contribution in [0.5, 0.6) is 17.2 Å². The third-order valence-electron chi connectivity index (χ3n) is 4.97. The number of ether oxygens (including phenoxy) is 3. The Morgan fingerprint density at radius 2 is 1.87 bits per heavy atom. The summed E-state index contributed by atoms with van der Waals surface area (Å²) < 4.78 is 17.0. The van der Waals surface area contributed by atoms with Crippen LogP contribution < -0.4 is 14.2 Å². The highest BCUT2D eigenvalue weighted by molar-refractivity contribution is 6.15. The first kappa shape index (κ1) is 20.2. The van der Waals surface area contributed by atoms with Gasteiger partial charge in [0.05, 0.1) is 17.6 Å². The number of carbonyl (C=O) groups is 1. The van der Waals surface area contributed by atoms with Gasteiger partial charge in [0, 0.05) is 17.7 Å². The molecule has 1 aliphatic rings. The Morgan fingerprint density at radius 1 is 1.10 bits per heavy atom. The fraction of sp³-hybridized carbons (Fsp3) is 0.125. The normalized spacial score (nSPS) is 13.6. The van der Waals surface area contributed by atoms with E-state index in [1.165, 1.54) is 12.1 Å². The first-order valence-electron chi connectivity index (χ1n) is 9.54. The maximum atomic E-state index is 12.8. The predicted molar refractivity (Wildman–Crippen MR) is 115 cm³/mol. The lowest BCUT2D eigenvalue weighted by Gasteiger charge is -2.11. The highest BCUT2D eigenvalue weighted by Gasteiger charge is 2.30. The zero-order valence-corrected chi connectivity index (χ0v) is 17.0. The minimum absolute atomic E-state index is 0.0275. The summed E-state index contributed by atoms with van der Waals surface area (Å²) in [4.78, 5) is 23.1. The van der Waals surface area contributed by atoms with Crippen molar-refractivity contribution in [2.24, 2.45) is 0 Å². The quantitative estimate of drug-likeness (QED) is 0.315. The Morgan fingerprint density at radius 3 is 2.58 bits per heavy atom. The number of rotatable bonds is 6. The molecule has 0 bridgehead atoms. The van der Waals surface area contributed by atoms with E-state index in [0.29, 0.717) is 28.4 Å². The van der Waals surface area contributed by atoms with Crippen molar-refractivity contribution in [1.82, 2.24) is 0 Å². The third-order valence-corrected chi connectivity index (χ3v) is 4.97. The van der Waals surface area contributed by atoms with Crippen molar-refractivity contribution in [3.05, 3.63) is 98.8 Å². The molecule has 7 heteroatoms. The van der Waals surface area contributed by atoms with Gasteiger partial charge < -0.3 is 14.2 Å². The molecule has 3 aromatic carbocycles. The van der Waals surface area contributed by atoms with E-state index in [2.05, 4.69) is 0 Å². The number of hydrogen-bond acceptors (Lipinski definition) is 6. The first-order chi connectivity index (χ1) is 15.0. The van der Waals surface area contributed by atoms with E-state index in [9.17, 15) is 14.9 Å². The molecule has 156 valence electrons. The van der Waals surface area contributed by atoms with Crippen molar-refractivity contribution < 1.29 is 23.9 Å². The number of nitro benzene ring substituents is 1. The van der Waals surface area contributed by atoms with Gasteiger partial charge in [-0.1, -0.05) is 12.1 Å². The van der Waals surface area contributed by atoms with Crippen molar-refractivity contribution in [3.63, 3.8) is 0 Å². The number of hydrogen-bond donors (Lipinski definition) is 0. The number of nitro groups is 1. The number of allylic oxidation sites excluding steroid dienone is 1. The number of methoxy groups -OCH3 is 1. The van der Waals surface area contributed by atoms with Crippen molar-refractivity contribution in [1.29, 1.82) is 0 Å². The molecule has 0 aromatic heterocycles. The summed E-state index contributed by atoms with van der Waals surface area (Å²) >= 11 is 0. The molecule has 31 heavy (non-hydrogen) atoms. The molecule has 0 radical (unpaired) electrons. The monoisotopic (exact) mass is 417 g/mol. The van der Waals surface area contributed by atoms with Crippen molar-refractivity contribution in [3.8, 4) is 17.2 Å². The molecule has 0 unspecified atom stereocenters. The molecule has 0 saturated carbocycles. The first-order valence-corrected chi connectivity index (χ1v) is 9.54. The summed E-state index contributed by atoms with van der Waals surface area (Å²) in [7, 11) is 1.58. The van der Waals surface area contributed by atoms with Gasteiger partial charge in [-0.05, 0) is 60.5 Å². The molecule has 0 amide bonds. The average Bonchev–Trinajstić information content (AvgIpc) is 3.10. The van der Waals surface area contributed by atoms with Gasteiger partial charge in [0.2, 0.25) is 5.78 Å². The van der Waals surface area contributed by atoms with Gasteiger partial charge in [-0.2, -0.15) is 0 Å². The van der Waals surface area contributed by atoms with E-state index in [0.717, 1.165) is 11.1 Å². The van der Waals surface area contributed by atoms with Crippen LogP contribution in [0, 0.1) is 17.0 Å². The molecule has 0 aliphatic carbocycles. The van der Waals surface area contributed by atoms with E-state index in [-0.39, 0.29) is 23.8 Å². The fourth-order valence-electron chi connectivity index (χ4n) is 3.28. The summed E-state index contributed by atoms with van der Waals surface area (Å²) in [6.45, 7) is 2.06. The lowest BCUT2D eigenvalue weighted by atomic mass is 10.1. The molecular weight excluding hydrogens is 398 g/mol. The van der Waals surface area contributed by atoms with Crippen LogP contribution in [0.2, 0.25) is 0 Å². The molecule has 3 aromatic rings. The van der Waals surface area contributed by atoms with E-state index in [1.54, 1.807) is 37.5 Å². The molecule has 1 aliphatic heterocycles. The molecule has 1 heterocycles. The Labute approximate surface area is 178 Å². The van der Waals surface area contributed by atoms with Gasteiger partial charge in [-0.3, -0.25) is 14.9 Å². The topological polar surface area (TPSA) is 87.9 Å². The second-order valence-electron chi connectivity index (χ2n) is 6.99. The number of ketones is 1. The van der Waals surface area contributed by atoms with Gasteiger partial charge in [0.25, 0.3) is 5.69 Å². The molecule has 0 spiro atoms. The van der Waals surface area contributed by atoms with Gasteiger partial charge in [-0.15, -0.1) is 0 Å². The Kier molecular flexibility index (Phi) is 5.41. The minimum Gasteiger partial charge on any atom is -0.497 e. The number of benzene rings is 3. The van der Waals surface area contributed by atoms with Gasteiger partial charge in [-0.25, -0.2) is 0 Å². The van der Waals surface area contributed by atoms with Crippen LogP contribution in [0.1, 0.15) is 27.0 Å². The molecular formula is C24H19NO6. The molecule has 4 rings (SSSR count). The van der Waals surface area contributed by atoms with E-state index in [1.807, 2.05) is 31.2 Å². The second-order valence-corrected chi connectivity index (χ2v) is 6.99. The second kappa shape index (κ2) is 8.31. The van der Waals surface area contributed by atoms with E-state index < -0.39 is 4.92 Å². The minimum atomic E-state index is -0.444. The standard InChI is InChI=1S/C24H19NO6/c1-15-21(30-14-16-6-8-18(9-7-16)25(27)28)11-10-20-23(26)22(31-24(15)20)13-17-4-3-5-19(12-17)29-2/h3-13H,14H2,1-2H3/b22-13-. The number of nitrogens with zero attached hydrogens (tertiary/aromatic N) is 1. The average molecular weight is 417 g/mol. The van der Waals surface area contributed by atoms with Crippen LogP contribution in [0.25, 0.3) is 6.08 Å². The van der Waals surface area contributed by atoms with Gasteiger partial charge in [0.1, 0.15) is 23.9 Å². The summed E-state index contributed by atoms with van der Waals surface area (Å²) in [5.41, 5.74) is 2.81. The largest absolute Gasteiger partial charge is 0.497 e. The fourth-order valence-corrected chi connectivity index (χ4v) is 3.28. The van der Waals surface area contributed by atoms with Gasteiger partial charge in [0.15, 0.2) is 5.76 Å². The maximum Gasteiger partial charge on any atom is 0.269 e. The van der Waals surface area contributed by atoms with Crippen LogP contribution >= 0.6 is 0 Å². The van der Waals surface area contributed by atoms with Gasteiger partial charge >= 0.3 is 0 Å². The Balaban J connectivity index is 1.53. The van der Waals surface area contributed by atoms with Crippen molar-refractivity contribution >= 4 is 17.5 Å². The summed E-state index contributed by atoms with van der Waals surface area (Å²) in [5, 5.41) is 10.8. The van der Waals surface area contributed by atoms with Crippen LogP contribution in [-0.2, 0) is 6.61 Å². The Bertz CT molecular complexity index is 1200. The van der Waals surface area contributed by atoms with Crippen LogP contribution in [0.3, 0.4) is 0 Å². The van der Waals surface area contributed by atoms with Crippen LogP contribution in [0.15, 0.2) is 66.4 Å². The summed E-state index contributed by atoms with van der Waals surface area (Å²) in [6, 6.07) is 16.9. The molecule has 0 N–H and O–H groups in total. The zero-order chi connectivity index (χ0) is 22.0. The van der Waals surface area contributed by atoms with Crippen molar-refractivity contribution in [2.75, 3.05) is 7.11 Å². The summed E-state index contributed by atoms with van der Waals surface area (Å²) in [6.07, 6.45) is 1.68. The number of non-ortho nitro benzene ring substituents is 1. The van der Waals surface area contributed by atoms with Crippen LogP contribution in [0.4, 0.5) is 5.69 Å². The lowest BCUT2D eigenvalue weighted by molar-refractivity contribution is -0.384. The van der Waals surface area contributed by atoms with Crippen molar-refractivity contribution in [2.45, 2.75) is 13.5 Å². The number of fused-ring (bicyclic) bond motifs is 1. The molecule has 0 atom stereocenters. The lowest BCUT2D eigenvalue weighted by Crippen LogP contribution is -1.99. The molecule has 7 nitrogen and oxygen atoms in total. The number of carbonyl (C=O) groups excluding carboxylic acids is 1. The molecule has 0 saturated heterocycles. The smallest absolute Gasteiger partial charge is 0.269 e. The third kappa shape index (κ3) is 4.11. The molecule has 0 fully saturated rings. The Hall–Kier alpha value is -4.13. The maximum absolute atomic E-state index is 12.8. The predicted octanol–water partition coefficient (Wildman–Crippen LogP) is 5.11. The SMILES string of the molecule is COc1cccc(/C=C2\Oc3c(ccc(OCc4ccc([N+](=O)[O-])cc4)c3C)C2=O)c1. The van der Waals surface area contributed by atoms with E-state index >= 15 is 0 Å². The van der Waals surface area contributed by atoms with Crippen LogP contribution in [-0.4, -0.2) is 17.8 Å². The summed E-state index contributed by atoms with van der Waals surface area (Å²) in [5.74, 6) is 1.78. The van der Waals surface area contributed by atoms with E-state index in [4.69, 9.17) is 14.2 Å². The number of Topliss-reactive ketones (excluding diaryl/α,β-unsaturated/α-hetero) is 1.